The number of aryl methyl sites for hydroxylation is 2. The molecule has 0 unspecified atom stereocenters. The van der Waals surface area contributed by atoms with E-state index in [9.17, 15) is 17.6 Å². The van der Waals surface area contributed by atoms with Crippen LogP contribution in [-0.2, 0) is 10.0 Å². The number of carbonyl (C=O) groups is 1. The van der Waals surface area contributed by atoms with Crippen molar-refractivity contribution in [3.05, 3.63) is 89.2 Å². The topological polar surface area (TPSA) is 75.3 Å². The molecular formula is C21H19FN2O3S. The zero-order valence-electron chi connectivity index (χ0n) is 15.4. The van der Waals surface area contributed by atoms with E-state index in [-0.39, 0.29) is 16.1 Å². The van der Waals surface area contributed by atoms with Crippen LogP contribution in [-0.4, -0.2) is 14.3 Å². The maximum absolute atomic E-state index is 13.3. The summed E-state index contributed by atoms with van der Waals surface area (Å²) < 4.78 is 40.8. The molecular weight excluding hydrogens is 379 g/mol. The molecule has 0 radical (unpaired) electrons. The van der Waals surface area contributed by atoms with Gasteiger partial charge >= 0.3 is 0 Å². The van der Waals surface area contributed by atoms with Gasteiger partial charge in [-0.15, -0.1) is 0 Å². The predicted octanol–water partition coefficient (Wildman–Crippen LogP) is 4.50. The van der Waals surface area contributed by atoms with Crippen molar-refractivity contribution < 1.29 is 17.6 Å². The highest BCUT2D eigenvalue weighted by atomic mass is 32.2. The summed E-state index contributed by atoms with van der Waals surface area (Å²) in [6.07, 6.45) is 0. The number of amides is 1. The number of sulfonamides is 1. The number of hydrogen-bond acceptors (Lipinski definition) is 3. The molecule has 0 saturated heterocycles. The second-order valence-electron chi connectivity index (χ2n) is 6.36. The summed E-state index contributed by atoms with van der Waals surface area (Å²) in [5.41, 5.74) is 2.81. The number of rotatable bonds is 5. The molecule has 7 heteroatoms. The van der Waals surface area contributed by atoms with E-state index in [2.05, 4.69) is 10.0 Å². The Bertz CT molecular complexity index is 1120. The monoisotopic (exact) mass is 398 g/mol. The standard InChI is InChI=1S/C21H19FN2O3S/c1-14-6-3-7-15(2)20(14)23-21(25)16-8-4-11-19(12-16)28(26,27)24-18-10-5-9-17(22)13-18/h3-13,24H,1-2H3,(H,23,25). The van der Waals surface area contributed by atoms with Crippen LogP contribution in [0.5, 0.6) is 0 Å². The first kappa shape index (κ1) is 19.6. The minimum Gasteiger partial charge on any atom is -0.322 e. The highest BCUT2D eigenvalue weighted by Gasteiger charge is 2.17. The molecule has 2 N–H and O–H groups in total. The van der Waals surface area contributed by atoms with E-state index >= 15 is 0 Å². The van der Waals surface area contributed by atoms with Crippen LogP contribution in [0.15, 0.2) is 71.6 Å². The highest BCUT2D eigenvalue weighted by molar-refractivity contribution is 7.92. The largest absolute Gasteiger partial charge is 0.322 e. The molecule has 1 amide bonds. The van der Waals surface area contributed by atoms with E-state index in [0.29, 0.717) is 5.69 Å². The SMILES string of the molecule is Cc1cccc(C)c1NC(=O)c1cccc(S(=O)(=O)Nc2cccc(F)c2)c1. The Kier molecular flexibility index (Phi) is 5.46. The number of nitrogens with one attached hydrogen (secondary N) is 2. The Morgan fingerprint density at radius 2 is 1.54 bits per heavy atom. The molecule has 0 spiro atoms. The summed E-state index contributed by atoms with van der Waals surface area (Å²) in [7, 11) is -3.97. The van der Waals surface area contributed by atoms with Crippen molar-refractivity contribution >= 4 is 27.3 Å². The van der Waals surface area contributed by atoms with Gasteiger partial charge in [0, 0.05) is 11.3 Å². The lowest BCUT2D eigenvalue weighted by molar-refractivity contribution is 0.102. The molecule has 0 fully saturated rings. The molecule has 0 aliphatic carbocycles. The Morgan fingerprint density at radius 3 is 2.21 bits per heavy atom. The molecule has 144 valence electrons. The number of benzene rings is 3. The number of para-hydroxylation sites is 1. The molecule has 3 aromatic rings. The fraction of sp³-hybridized carbons (Fsp3) is 0.0952. The van der Waals surface area contributed by atoms with Crippen molar-refractivity contribution in [3.63, 3.8) is 0 Å². The van der Waals surface area contributed by atoms with Gasteiger partial charge in [0.05, 0.1) is 10.6 Å². The van der Waals surface area contributed by atoms with Crippen molar-refractivity contribution in [2.45, 2.75) is 18.7 Å². The van der Waals surface area contributed by atoms with E-state index in [1.165, 1.54) is 42.5 Å². The number of halogens is 1. The van der Waals surface area contributed by atoms with Crippen LogP contribution in [0.2, 0.25) is 0 Å². The van der Waals surface area contributed by atoms with Gasteiger partial charge in [0.1, 0.15) is 5.82 Å². The molecule has 5 nitrogen and oxygen atoms in total. The third-order valence-corrected chi connectivity index (χ3v) is 5.58. The van der Waals surface area contributed by atoms with E-state index in [1.54, 1.807) is 0 Å². The van der Waals surface area contributed by atoms with Gasteiger partial charge in [-0.2, -0.15) is 0 Å². The third kappa shape index (κ3) is 4.37. The second-order valence-corrected chi connectivity index (χ2v) is 8.05. The van der Waals surface area contributed by atoms with E-state index < -0.39 is 21.7 Å². The number of hydrogen-bond donors (Lipinski definition) is 2. The van der Waals surface area contributed by atoms with Gasteiger partial charge in [-0.05, 0) is 61.4 Å². The first-order chi connectivity index (χ1) is 13.3. The average molecular weight is 398 g/mol. The van der Waals surface area contributed by atoms with Crippen molar-refractivity contribution in [3.8, 4) is 0 Å². The maximum atomic E-state index is 13.3. The van der Waals surface area contributed by atoms with Crippen LogP contribution in [0.4, 0.5) is 15.8 Å². The normalized spacial score (nSPS) is 11.1. The Hall–Kier alpha value is -3.19. The molecule has 0 atom stereocenters. The Morgan fingerprint density at radius 1 is 0.893 bits per heavy atom. The summed E-state index contributed by atoms with van der Waals surface area (Å²) in [4.78, 5) is 12.5. The summed E-state index contributed by atoms with van der Waals surface area (Å²) >= 11 is 0. The van der Waals surface area contributed by atoms with Crippen LogP contribution in [0, 0.1) is 19.7 Å². The maximum Gasteiger partial charge on any atom is 0.261 e. The molecule has 0 bridgehead atoms. The van der Waals surface area contributed by atoms with Crippen LogP contribution >= 0.6 is 0 Å². The quantitative estimate of drug-likeness (QED) is 0.665. The van der Waals surface area contributed by atoms with Crippen LogP contribution in [0.25, 0.3) is 0 Å². The van der Waals surface area contributed by atoms with Gasteiger partial charge in [-0.1, -0.05) is 30.3 Å². The van der Waals surface area contributed by atoms with Crippen molar-refractivity contribution in [1.29, 1.82) is 0 Å². The fourth-order valence-corrected chi connectivity index (χ4v) is 3.86. The zero-order chi connectivity index (χ0) is 20.3. The van der Waals surface area contributed by atoms with Crippen molar-refractivity contribution in [2.75, 3.05) is 10.0 Å². The van der Waals surface area contributed by atoms with E-state index in [0.717, 1.165) is 17.2 Å². The van der Waals surface area contributed by atoms with Crippen molar-refractivity contribution in [2.24, 2.45) is 0 Å². The Labute approximate surface area is 163 Å². The van der Waals surface area contributed by atoms with Crippen molar-refractivity contribution in [1.82, 2.24) is 0 Å². The molecule has 0 aliphatic heterocycles. The molecule has 3 aromatic carbocycles. The number of carbonyl (C=O) groups excluding carboxylic acids is 1. The molecule has 28 heavy (non-hydrogen) atoms. The zero-order valence-corrected chi connectivity index (χ0v) is 16.2. The molecule has 0 heterocycles. The fourth-order valence-electron chi connectivity index (χ4n) is 2.77. The smallest absolute Gasteiger partial charge is 0.261 e. The average Bonchev–Trinajstić information content (AvgIpc) is 2.64. The first-order valence-electron chi connectivity index (χ1n) is 8.52. The minimum absolute atomic E-state index is 0.0917. The van der Waals surface area contributed by atoms with Crippen LogP contribution in [0.1, 0.15) is 21.5 Å². The molecule has 0 aliphatic rings. The van der Waals surface area contributed by atoms with Crippen LogP contribution in [0.3, 0.4) is 0 Å². The highest BCUT2D eigenvalue weighted by Crippen LogP contribution is 2.22. The summed E-state index contributed by atoms with van der Waals surface area (Å²) in [6, 6.07) is 16.5. The second kappa shape index (κ2) is 7.82. The molecule has 0 saturated carbocycles. The predicted molar refractivity (Wildman–Crippen MR) is 108 cm³/mol. The van der Waals surface area contributed by atoms with Gasteiger partial charge in [0.2, 0.25) is 0 Å². The van der Waals surface area contributed by atoms with Gasteiger partial charge in [-0.3, -0.25) is 9.52 Å². The van der Waals surface area contributed by atoms with Gasteiger partial charge < -0.3 is 5.32 Å². The van der Waals surface area contributed by atoms with E-state index in [4.69, 9.17) is 0 Å². The van der Waals surface area contributed by atoms with Gasteiger partial charge in [-0.25, -0.2) is 12.8 Å². The lowest BCUT2D eigenvalue weighted by atomic mass is 10.1. The summed E-state index contributed by atoms with van der Waals surface area (Å²) in [6.45, 7) is 3.76. The Balaban J connectivity index is 1.86. The first-order valence-corrected chi connectivity index (χ1v) is 10.0. The lowest BCUT2D eigenvalue weighted by Crippen LogP contribution is -2.16. The minimum atomic E-state index is -3.97. The van der Waals surface area contributed by atoms with Gasteiger partial charge in [0.15, 0.2) is 0 Å². The lowest BCUT2D eigenvalue weighted by Gasteiger charge is -2.12. The van der Waals surface area contributed by atoms with E-state index in [1.807, 2.05) is 32.0 Å². The number of anilines is 2. The summed E-state index contributed by atoms with van der Waals surface area (Å²) in [5.74, 6) is -0.970. The third-order valence-electron chi connectivity index (χ3n) is 4.20. The van der Waals surface area contributed by atoms with Gasteiger partial charge in [0.25, 0.3) is 15.9 Å². The van der Waals surface area contributed by atoms with Crippen LogP contribution < -0.4 is 10.0 Å². The molecule has 3 rings (SSSR count). The summed E-state index contributed by atoms with van der Waals surface area (Å²) in [5, 5.41) is 2.83. The molecule has 0 aromatic heterocycles.